The Hall–Kier alpha value is -2.60. The smallest absolute Gasteiger partial charge is 0.378 e. The van der Waals surface area contributed by atoms with E-state index in [4.69, 9.17) is 0 Å². The summed E-state index contributed by atoms with van der Waals surface area (Å²) in [5.41, 5.74) is 0.377. The van der Waals surface area contributed by atoms with Crippen LogP contribution in [0.2, 0.25) is 0 Å². The Morgan fingerprint density at radius 3 is 1.54 bits per heavy atom. The Morgan fingerprint density at radius 2 is 1.23 bits per heavy atom. The zero-order valence-electron chi connectivity index (χ0n) is 14.2. The van der Waals surface area contributed by atoms with Crippen LogP contribution in [-0.2, 0) is 9.47 Å². The first-order chi connectivity index (χ1) is 12.3. The van der Waals surface area contributed by atoms with Crippen molar-refractivity contribution in [1.29, 1.82) is 0 Å². The number of carbonyl (C=O) groups excluding carboxylic acids is 2. The molecule has 2 aromatic rings. The van der Waals surface area contributed by atoms with Crippen molar-refractivity contribution in [3.05, 3.63) is 45.3 Å². The second kappa shape index (κ2) is 8.19. The molecule has 0 saturated heterocycles. The molecule has 0 radical (unpaired) electrons. The summed E-state index contributed by atoms with van der Waals surface area (Å²) in [4.78, 5) is 31.4. The third-order valence-corrected chi connectivity index (χ3v) is 5.04. The van der Waals surface area contributed by atoms with Crippen LogP contribution in [0.3, 0.4) is 0 Å². The second-order valence-electron chi connectivity index (χ2n) is 4.87. The van der Waals surface area contributed by atoms with Crippen molar-refractivity contribution in [1.82, 2.24) is 9.97 Å². The highest BCUT2D eigenvalue weighted by Crippen LogP contribution is 2.32. The number of hydrogen-bond acceptors (Lipinski definition) is 10. The molecule has 12 heteroatoms. The quantitative estimate of drug-likeness (QED) is 0.233. The summed E-state index contributed by atoms with van der Waals surface area (Å²) in [6.07, 6.45) is 0. The average Bonchev–Trinajstić information content (AvgIpc) is 2.62. The topological polar surface area (TPSA) is 132 Å². The molecule has 138 valence electrons. The van der Waals surface area contributed by atoms with Crippen LogP contribution >= 0.6 is 21.6 Å². The monoisotopic (exact) mass is 398 g/mol. The molecule has 0 atom stereocenters. The van der Waals surface area contributed by atoms with Gasteiger partial charge in [0.25, 0.3) is 0 Å². The summed E-state index contributed by atoms with van der Waals surface area (Å²) in [5, 5.41) is 24.3. The fraction of sp³-hybridized carbons (Fsp3) is 0.286. The molecule has 0 aliphatic rings. The molecule has 10 nitrogen and oxygen atoms in total. The molecular formula is C14H14N4O6S2. The standard InChI is InChI=1S/C14H14N4O6S2/c1-7-5-9(11(19)23-3)17(21)13(15-7)25-26-14-16-8(2)6-10(18(14)22)12(20)24-4/h5-6H,1-4H3. The predicted octanol–water partition coefficient (Wildman–Crippen LogP) is 0.733. The van der Waals surface area contributed by atoms with Crippen LogP contribution in [0, 0.1) is 24.3 Å². The number of aryl methyl sites for hydroxylation is 2. The van der Waals surface area contributed by atoms with Gasteiger partial charge in [0, 0.05) is 47.6 Å². The van der Waals surface area contributed by atoms with E-state index in [0.717, 1.165) is 35.8 Å². The van der Waals surface area contributed by atoms with Gasteiger partial charge in [-0.1, -0.05) is 0 Å². The third-order valence-electron chi connectivity index (χ3n) is 3.00. The van der Waals surface area contributed by atoms with E-state index in [2.05, 4.69) is 19.4 Å². The molecule has 0 aliphatic carbocycles. The number of hydrogen-bond donors (Lipinski definition) is 0. The van der Waals surface area contributed by atoms with Crippen molar-refractivity contribution in [2.24, 2.45) is 0 Å². The van der Waals surface area contributed by atoms with Crippen LogP contribution in [0.1, 0.15) is 32.4 Å². The largest absolute Gasteiger partial charge is 0.709 e. The fourth-order valence-corrected chi connectivity index (χ4v) is 3.77. The molecule has 0 N–H and O–H groups in total. The number of nitrogens with zero attached hydrogens (tertiary/aromatic N) is 4. The highest BCUT2D eigenvalue weighted by atomic mass is 33.1. The van der Waals surface area contributed by atoms with Crippen LogP contribution in [-0.4, -0.2) is 36.1 Å². The lowest BCUT2D eigenvalue weighted by molar-refractivity contribution is -0.654. The first-order valence-corrected chi connectivity index (χ1v) is 9.17. The van der Waals surface area contributed by atoms with Crippen molar-refractivity contribution < 1.29 is 28.5 Å². The molecule has 0 aliphatic heterocycles. The number of carbonyl (C=O) groups is 2. The Bertz CT molecular complexity index is 806. The zero-order chi connectivity index (χ0) is 19.4. The first kappa shape index (κ1) is 19.7. The van der Waals surface area contributed by atoms with E-state index in [1.54, 1.807) is 13.8 Å². The number of rotatable bonds is 5. The molecule has 0 unspecified atom stereocenters. The summed E-state index contributed by atoms with van der Waals surface area (Å²) in [5.74, 6) is -1.62. The van der Waals surface area contributed by atoms with E-state index in [-0.39, 0.29) is 21.7 Å². The minimum atomic E-state index is -0.808. The van der Waals surface area contributed by atoms with E-state index in [1.807, 2.05) is 0 Å². The van der Waals surface area contributed by atoms with Gasteiger partial charge in [0.2, 0.25) is 11.4 Å². The van der Waals surface area contributed by atoms with Gasteiger partial charge in [-0.2, -0.15) is 0 Å². The lowest BCUT2D eigenvalue weighted by Gasteiger charge is -2.11. The molecule has 0 spiro atoms. The highest BCUT2D eigenvalue weighted by Gasteiger charge is 2.25. The van der Waals surface area contributed by atoms with E-state index >= 15 is 0 Å². The maximum atomic E-state index is 12.3. The molecule has 26 heavy (non-hydrogen) atoms. The molecular weight excluding hydrogens is 384 g/mol. The molecule has 2 heterocycles. The van der Waals surface area contributed by atoms with Gasteiger partial charge in [-0.25, -0.2) is 19.0 Å². The summed E-state index contributed by atoms with van der Waals surface area (Å²) in [7, 11) is 3.96. The van der Waals surface area contributed by atoms with Crippen LogP contribution in [0.5, 0.6) is 0 Å². The molecule has 2 aromatic heterocycles. The van der Waals surface area contributed by atoms with Crippen LogP contribution in [0.4, 0.5) is 0 Å². The Labute approximate surface area is 156 Å². The Kier molecular flexibility index (Phi) is 6.21. The number of esters is 2. The van der Waals surface area contributed by atoms with Gasteiger partial charge in [0.05, 0.1) is 14.2 Å². The molecule has 0 amide bonds. The maximum absolute atomic E-state index is 12.3. The van der Waals surface area contributed by atoms with Crippen molar-refractivity contribution in [3.63, 3.8) is 0 Å². The van der Waals surface area contributed by atoms with E-state index in [9.17, 15) is 20.0 Å². The molecule has 2 rings (SSSR count). The van der Waals surface area contributed by atoms with Gasteiger partial charge in [0.15, 0.2) is 11.4 Å². The Balaban J connectivity index is 2.35. The molecule has 0 saturated carbocycles. The van der Waals surface area contributed by atoms with E-state index in [0.29, 0.717) is 20.8 Å². The number of methoxy groups -OCH3 is 2. The van der Waals surface area contributed by atoms with Crippen LogP contribution < -0.4 is 9.46 Å². The molecule has 0 fully saturated rings. The zero-order valence-corrected chi connectivity index (χ0v) is 15.8. The minimum Gasteiger partial charge on any atom is -0.709 e. The summed E-state index contributed by atoms with van der Waals surface area (Å²) in [6, 6.07) is 2.59. The number of aromatic nitrogens is 4. The second-order valence-corrected chi connectivity index (χ2v) is 6.93. The highest BCUT2D eigenvalue weighted by molar-refractivity contribution is 8.76. The van der Waals surface area contributed by atoms with Gasteiger partial charge in [-0.05, 0) is 9.97 Å². The lowest BCUT2D eigenvalue weighted by Crippen LogP contribution is -2.39. The SMILES string of the molecule is COC(=O)c1cc(C)nc(SSc2nc(C)cc(C(=O)OC)[n+]2[O-])[n+]1[O-]. The minimum absolute atomic E-state index is 0.0849. The first-order valence-electron chi connectivity index (χ1n) is 7.02. The average molecular weight is 398 g/mol. The maximum Gasteiger partial charge on any atom is 0.378 e. The normalized spacial score (nSPS) is 10.5. The van der Waals surface area contributed by atoms with Gasteiger partial charge in [0.1, 0.15) is 0 Å². The van der Waals surface area contributed by atoms with Gasteiger partial charge in [-0.15, -0.1) is 0 Å². The van der Waals surface area contributed by atoms with Gasteiger partial charge in [-0.3, -0.25) is 0 Å². The lowest BCUT2D eigenvalue weighted by atomic mass is 10.3. The Morgan fingerprint density at radius 1 is 0.885 bits per heavy atom. The van der Waals surface area contributed by atoms with Crippen molar-refractivity contribution >= 4 is 33.5 Å². The summed E-state index contributed by atoms with van der Waals surface area (Å²) < 4.78 is 9.73. The van der Waals surface area contributed by atoms with Crippen molar-refractivity contribution in [2.75, 3.05) is 14.2 Å². The van der Waals surface area contributed by atoms with Crippen LogP contribution in [0.25, 0.3) is 0 Å². The molecule has 0 aromatic carbocycles. The van der Waals surface area contributed by atoms with Crippen molar-refractivity contribution in [3.8, 4) is 0 Å². The van der Waals surface area contributed by atoms with Crippen LogP contribution in [0.15, 0.2) is 22.4 Å². The number of ether oxygens (including phenoxy) is 2. The molecule has 0 bridgehead atoms. The van der Waals surface area contributed by atoms with E-state index < -0.39 is 11.9 Å². The third kappa shape index (κ3) is 4.14. The summed E-state index contributed by atoms with van der Waals surface area (Å²) in [6.45, 7) is 3.21. The van der Waals surface area contributed by atoms with Gasteiger partial charge < -0.3 is 19.9 Å². The predicted molar refractivity (Wildman–Crippen MR) is 90.3 cm³/mol. The van der Waals surface area contributed by atoms with Gasteiger partial charge >= 0.3 is 22.3 Å². The summed E-state index contributed by atoms with van der Waals surface area (Å²) >= 11 is 0. The fourth-order valence-electron chi connectivity index (χ4n) is 1.85. The van der Waals surface area contributed by atoms with Crippen molar-refractivity contribution in [2.45, 2.75) is 24.2 Å². The van der Waals surface area contributed by atoms with E-state index in [1.165, 1.54) is 12.1 Å².